The molecule has 0 bridgehead atoms. The summed E-state index contributed by atoms with van der Waals surface area (Å²) in [6.45, 7) is 4.99. The Morgan fingerprint density at radius 2 is 1.52 bits per heavy atom. The Labute approximate surface area is 233 Å². The molecule has 9 heteroatoms. The van der Waals surface area contributed by atoms with Crippen LogP contribution in [-0.4, -0.2) is 69.6 Å². The first-order chi connectivity index (χ1) is 19.0. The van der Waals surface area contributed by atoms with Gasteiger partial charge in [-0.05, 0) is 49.6 Å². The molecule has 1 heterocycles. The molecule has 9 nitrogen and oxygen atoms in total. The minimum Gasteiger partial charge on any atom is -0.479 e. The average molecular weight is 547 g/mol. The van der Waals surface area contributed by atoms with Gasteiger partial charge in [0.15, 0.2) is 11.3 Å². The van der Waals surface area contributed by atoms with Gasteiger partial charge in [-0.2, -0.15) is 0 Å². The van der Waals surface area contributed by atoms with Crippen LogP contribution >= 0.6 is 0 Å². The van der Waals surface area contributed by atoms with Gasteiger partial charge in [-0.1, -0.05) is 66.7 Å². The van der Waals surface area contributed by atoms with E-state index in [2.05, 4.69) is 0 Å². The van der Waals surface area contributed by atoms with Crippen LogP contribution in [0.3, 0.4) is 0 Å². The van der Waals surface area contributed by atoms with Crippen LogP contribution in [-0.2, 0) is 20.9 Å². The number of carbonyl (C=O) groups excluding carboxylic acids is 3. The number of carboxylic acid groups (broad SMARTS) is 1. The van der Waals surface area contributed by atoms with Gasteiger partial charge in [-0.3, -0.25) is 9.69 Å². The highest BCUT2D eigenvalue weighted by Gasteiger charge is 2.51. The van der Waals surface area contributed by atoms with Crippen molar-refractivity contribution in [3.63, 3.8) is 0 Å². The molecule has 1 fully saturated rings. The minimum absolute atomic E-state index is 0.0192. The molecule has 0 aliphatic carbocycles. The summed E-state index contributed by atoms with van der Waals surface area (Å²) in [5.41, 5.74) is -1.62. The van der Waals surface area contributed by atoms with Crippen molar-refractivity contribution in [2.24, 2.45) is 0 Å². The van der Waals surface area contributed by atoms with Gasteiger partial charge >= 0.3 is 18.2 Å². The number of ether oxygens (including phenoxy) is 2. The zero-order valence-corrected chi connectivity index (χ0v) is 23.0. The van der Waals surface area contributed by atoms with Gasteiger partial charge in [0, 0.05) is 31.6 Å². The average Bonchev–Trinajstić information content (AvgIpc) is 3.12. The Hall–Kier alpha value is -4.40. The van der Waals surface area contributed by atoms with Crippen LogP contribution in [0.15, 0.2) is 72.8 Å². The molecule has 1 aliphatic heterocycles. The lowest BCUT2D eigenvalue weighted by Gasteiger charge is -2.37. The van der Waals surface area contributed by atoms with E-state index in [9.17, 15) is 24.3 Å². The first-order valence-corrected chi connectivity index (χ1v) is 13.2. The number of aliphatic carboxylic acids is 1. The Morgan fingerprint density at radius 1 is 0.850 bits per heavy atom. The molecule has 210 valence electrons. The number of nitrogens with zero attached hydrogens (tertiary/aromatic N) is 2. The summed E-state index contributed by atoms with van der Waals surface area (Å²) in [7, 11) is 0. The van der Waals surface area contributed by atoms with Gasteiger partial charge < -0.3 is 19.5 Å². The van der Waals surface area contributed by atoms with Crippen LogP contribution in [0.1, 0.15) is 49.5 Å². The van der Waals surface area contributed by atoms with Crippen molar-refractivity contribution in [3.8, 4) is 0 Å². The Morgan fingerprint density at radius 3 is 2.20 bits per heavy atom. The molecule has 1 saturated heterocycles. The lowest BCUT2D eigenvalue weighted by molar-refractivity contribution is -0.150. The van der Waals surface area contributed by atoms with Gasteiger partial charge in [0.2, 0.25) is 0 Å². The van der Waals surface area contributed by atoms with E-state index in [4.69, 9.17) is 9.47 Å². The molecule has 0 aromatic heterocycles. The Kier molecular flexibility index (Phi) is 8.42. The highest BCUT2D eigenvalue weighted by Crippen LogP contribution is 2.32. The molecule has 3 aromatic rings. The quantitative estimate of drug-likeness (QED) is 0.405. The first kappa shape index (κ1) is 28.6. The highest BCUT2D eigenvalue weighted by atomic mass is 16.6. The van der Waals surface area contributed by atoms with E-state index < -0.39 is 41.5 Å². The third kappa shape index (κ3) is 6.59. The molecular weight excluding hydrogens is 512 g/mol. The second kappa shape index (κ2) is 11.8. The molecule has 3 aromatic carbocycles. The van der Waals surface area contributed by atoms with Crippen LogP contribution in [0.5, 0.6) is 0 Å². The predicted molar refractivity (Wildman–Crippen MR) is 149 cm³/mol. The van der Waals surface area contributed by atoms with E-state index in [1.54, 1.807) is 63.2 Å². The zero-order valence-electron chi connectivity index (χ0n) is 23.0. The molecule has 2 amide bonds. The van der Waals surface area contributed by atoms with E-state index in [-0.39, 0.29) is 32.7 Å². The first-order valence-electron chi connectivity index (χ1n) is 13.2. The van der Waals surface area contributed by atoms with E-state index >= 15 is 0 Å². The standard InChI is InChI=1S/C31H34N2O7/c1-30(2,3)40-28(37)32-16-15-31(27(35)36,20-26(34)25-14-13-23-11-7-8-12-24(23)19-25)33(18-17-32)29(38)39-21-22-9-5-4-6-10-22/h4-14,19H,15-18,20-21H2,1-3H3,(H,35,36). The molecule has 0 radical (unpaired) electrons. The summed E-state index contributed by atoms with van der Waals surface area (Å²) < 4.78 is 11.0. The van der Waals surface area contributed by atoms with Crippen molar-refractivity contribution in [2.45, 2.75) is 51.4 Å². The monoisotopic (exact) mass is 546 g/mol. The van der Waals surface area contributed by atoms with Gasteiger partial charge in [0.25, 0.3) is 0 Å². The van der Waals surface area contributed by atoms with E-state index in [0.717, 1.165) is 21.2 Å². The molecule has 4 rings (SSSR count). The lowest BCUT2D eigenvalue weighted by atomic mass is 9.85. The molecule has 1 atom stereocenters. The van der Waals surface area contributed by atoms with Crippen LogP contribution in [0, 0.1) is 0 Å². The maximum absolute atomic E-state index is 13.6. The molecular formula is C31H34N2O7. The van der Waals surface area contributed by atoms with E-state index in [1.165, 1.54) is 4.90 Å². The summed E-state index contributed by atoms with van der Waals surface area (Å²) in [4.78, 5) is 55.3. The van der Waals surface area contributed by atoms with E-state index in [1.807, 2.05) is 30.3 Å². The second-order valence-electron chi connectivity index (χ2n) is 10.9. The fraction of sp³-hybridized carbons (Fsp3) is 0.355. The number of Topliss-reactive ketones (excluding diaryl/α,β-unsaturated/α-hetero) is 1. The number of hydrogen-bond donors (Lipinski definition) is 1. The fourth-order valence-corrected chi connectivity index (χ4v) is 4.79. The molecule has 1 N–H and O–H groups in total. The van der Waals surface area contributed by atoms with Gasteiger partial charge in [-0.15, -0.1) is 0 Å². The van der Waals surface area contributed by atoms with Crippen molar-refractivity contribution in [3.05, 3.63) is 83.9 Å². The number of hydrogen-bond acceptors (Lipinski definition) is 6. The van der Waals surface area contributed by atoms with Gasteiger partial charge in [-0.25, -0.2) is 14.4 Å². The number of amides is 2. The summed E-state index contributed by atoms with van der Waals surface area (Å²) >= 11 is 0. The number of rotatable bonds is 6. The van der Waals surface area contributed by atoms with Gasteiger partial charge in [0.1, 0.15) is 12.2 Å². The van der Waals surface area contributed by atoms with Gasteiger partial charge in [0.05, 0.1) is 0 Å². The number of fused-ring (bicyclic) bond motifs is 1. The number of ketones is 1. The normalized spacial score (nSPS) is 17.7. The number of carboxylic acids is 1. The van der Waals surface area contributed by atoms with E-state index in [0.29, 0.717) is 5.56 Å². The summed E-state index contributed by atoms with van der Waals surface area (Å²) in [5.74, 6) is -1.77. The van der Waals surface area contributed by atoms with Crippen molar-refractivity contribution in [1.29, 1.82) is 0 Å². The van der Waals surface area contributed by atoms with Crippen LogP contribution in [0.2, 0.25) is 0 Å². The van der Waals surface area contributed by atoms with Crippen LogP contribution in [0.25, 0.3) is 10.8 Å². The predicted octanol–water partition coefficient (Wildman–Crippen LogP) is 5.52. The lowest BCUT2D eigenvalue weighted by Crippen LogP contribution is -2.58. The summed E-state index contributed by atoms with van der Waals surface area (Å²) in [5, 5.41) is 12.3. The SMILES string of the molecule is CC(C)(C)OC(=O)N1CCN(C(=O)OCc2ccccc2)C(CC(=O)c2ccc3ccccc3c2)(C(=O)O)CC1. The Bertz CT molecular complexity index is 1400. The molecule has 1 unspecified atom stereocenters. The molecule has 40 heavy (non-hydrogen) atoms. The second-order valence-corrected chi connectivity index (χ2v) is 10.9. The largest absolute Gasteiger partial charge is 0.479 e. The van der Waals surface area contributed by atoms with Crippen molar-refractivity contribution in [1.82, 2.24) is 9.80 Å². The van der Waals surface area contributed by atoms with Crippen molar-refractivity contribution in [2.75, 3.05) is 19.6 Å². The highest BCUT2D eigenvalue weighted by molar-refractivity contribution is 6.03. The fourth-order valence-electron chi connectivity index (χ4n) is 4.79. The molecule has 0 saturated carbocycles. The molecule has 0 spiro atoms. The summed E-state index contributed by atoms with van der Waals surface area (Å²) in [6, 6.07) is 21.7. The topological polar surface area (TPSA) is 113 Å². The summed E-state index contributed by atoms with van der Waals surface area (Å²) in [6.07, 6.45) is -2.15. The maximum atomic E-state index is 13.6. The minimum atomic E-state index is -1.94. The number of benzene rings is 3. The van der Waals surface area contributed by atoms with Crippen LogP contribution in [0.4, 0.5) is 9.59 Å². The maximum Gasteiger partial charge on any atom is 0.411 e. The smallest absolute Gasteiger partial charge is 0.411 e. The van der Waals surface area contributed by atoms with Crippen molar-refractivity contribution < 1.29 is 33.8 Å². The number of carbonyl (C=O) groups is 4. The zero-order chi connectivity index (χ0) is 28.9. The third-order valence-corrected chi connectivity index (χ3v) is 6.91. The Balaban J connectivity index is 1.65. The van der Waals surface area contributed by atoms with Crippen molar-refractivity contribution >= 4 is 34.7 Å². The molecule has 1 aliphatic rings. The third-order valence-electron chi connectivity index (χ3n) is 6.91. The van der Waals surface area contributed by atoms with Crippen LogP contribution < -0.4 is 0 Å².